The van der Waals surface area contributed by atoms with Gasteiger partial charge in [-0.15, -0.1) is 0 Å². The molecular weight excluding hydrogens is 410 g/mol. The molecule has 6 heteroatoms. The van der Waals surface area contributed by atoms with Crippen LogP contribution in [0.3, 0.4) is 0 Å². The van der Waals surface area contributed by atoms with Crippen molar-refractivity contribution in [1.29, 1.82) is 0 Å². The van der Waals surface area contributed by atoms with E-state index in [1.165, 1.54) is 0 Å². The van der Waals surface area contributed by atoms with Gasteiger partial charge in [0, 0.05) is 35.6 Å². The second-order valence-electron chi connectivity index (χ2n) is 7.18. The Morgan fingerprint density at radius 1 is 1.33 bits per heavy atom. The van der Waals surface area contributed by atoms with E-state index in [0.29, 0.717) is 18.8 Å². The second kappa shape index (κ2) is 9.71. The van der Waals surface area contributed by atoms with Crippen molar-refractivity contribution in [3.05, 3.63) is 46.1 Å². The zero-order valence-corrected chi connectivity index (χ0v) is 17.3. The first-order chi connectivity index (χ1) is 13.1. The molecule has 0 unspecified atom stereocenters. The van der Waals surface area contributed by atoms with Gasteiger partial charge in [-0.2, -0.15) is 0 Å². The molecule has 148 valence electrons. The van der Waals surface area contributed by atoms with Crippen molar-refractivity contribution in [3.8, 4) is 0 Å². The van der Waals surface area contributed by atoms with E-state index in [-0.39, 0.29) is 30.4 Å². The van der Waals surface area contributed by atoms with Crippen molar-refractivity contribution in [2.45, 2.75) is 57.3 Å². The number of hydrogen-bond donors (Lipinski definition) is 2. The Hall–Kier alpha value is -1.37. The molecule has 3 atom stereocenters. The molecule has 1 amide bonds. The quantitative estimate of drug-likeness (QED) is 0.647. The SMILES string of the molecule is CCO[C@H]1OC(C(=O)NC2CCC2)=C[C@@H](c2ccc(Br)cc2)[C@H]1CCCO. The molecule has 0 saturated heterocycles. The molecule has 3 rings (SSSR count). The third-order valence-electron chi connectivity index (χ3n) is 5.33. The molecule has 1 aliphatic carbocycles. The summed E-state index contributed by atoms with van der Waals surface area (Å²) in [7, 11) is 0. The summed E-state index contributed by atoms with van der Waals surface area (Å²) in [6.07, 6.45) is 6.08. The Balaban J connectivity index is 1.88. The topological polar surface area (TPSA) is 67.8 Å². The van der Waals surface area contributed by atoms with Crippen LogP contribution < -0.4 is 5.32 Å². The molecule has 2 aliphatic rings. The number of hydrogen-bond acceptors (Lipinski definition) is 4. The summed E-state index contributed by atoms with van der Waals surface area (Å²) in [6, 6.07) is 8.39. The Kier molecular flexibility index (Phi) is 7.33. The van der Waals surface area contributed by atoms with Crippen LogP contribution in [0.15, 0.2) is 40.6 Å². The van der Waals surface area contributed by atoms with Crippen molar-refractivity contribution >= 4 is 21.8 Å². The van der Waals surface area contributed by atoms with E-state index < -0.39 is 6.29 Å². The number of benzene rings is 1. The molecule has 5 nitrogen and oxygen atoms in total. The molecule has 1 aromatic rings. The van der Waals surface area contributed by atoms with Gasteiger partial charge in [0.15, 0.2) is 5.76 Å². The normalized spacial score (nSPS) is 25.3. The Morgan fingerprint density at radius 3 is 2.67 bits per heavy atom. The van der Waals surface area contributed by atoms with Gasteiger partial charge < -0.3 is 19.9 Å². The predicted octanol–water partition coefficient (Wildman–Crippen LogP) is 3.87. The summed E-state index contributed by atoms with van der Waals surface area (Å²) >= 11 is 3.48. The Bertz CT molecular complexity index is 657. The van der Waals surface area contributed by atoms with Crippen LogP contribution in [0.25, 0.3) is 0 Å². The van der Waals surface area contributed by atoms with Crippen LogP contribution in [-0.2, 0) is 14.3 Å². The van der Waals surface area contributed by atoms with E-state index >= 15 is 0 Å². The Morgan fingerprint density at radius 2 is 2.07 bits per heavy atom. The molecular formula is C21H28BrNO4. The number of halogens is 1. The number of amides is 1. The van der Waals surface area contributed by atoms with Gasteiger partial charge in [-0.25, -0.2) is 0 Å². The number of carbonyl (C=O) groups is 1. The standard InChI is InChI=1S/C21H28BrNO4/c1-2-26-21-17(7-4-12-24)18(14-8-10-15(22)11-9-14)13-19(27-21)20(25)23-16-5-3-6-16/h8-11,13,16-18,21,24H,2-7,12H2,1H3,(H,23,25)/t17-,18+,21+/m1/s1. The van der Waals surface area contributed by atoms with Gasteiger partial charge in [0.05, 0.1) is 0 Å². The van der Waals surface area contributed by atoms with Crippen LogP contribution in [0, 0.1) is 5.92 Å². The lowest BCUT2D eigenvalue weighted by Crippen LogP contribution is -2.43. The minimum absolute atomic E-state index is 0.00269. The van der Waals surface area contributed by atoms with E-state index in [9.17, 15) is 9.90 Å². The fourth-order valence-electron chi connectivity index (χ4n) is 3.64. The van der Waals surface area contributed by atoms with E-state index in [1.807, 2.05) is 25.1 Å². The van der Waals surface area contributed by atoms with E-state index in [1.54, 1.807) is 0 Å². The van der Waals surface area contributed by atoms with Gasteiger partial charge in [0.1, 0.15) is 0 Å². The smallest absolute Gasteiger partial charge is 0.286 e. The molecule has 1 saturated carbocycles. The number of aliphatic hydroxyl groups excluding tert-OH is 1. The van der Waals surface area contributed by atoms with Gasteiger partial charge in [-0.3, -0.25) is 4.79 Å². The first-order valence-electron chi connectivity index (χ1n) is 9.79. The number of carbonyl (C=O) groups excluding carboxylic acids is 1. The van der Waals surface area contributed by atoms with Crippen LogP contribution in [0.4, 0.5) is 0 Å². The molecule has 27 heavy (non-hydrogen) atoms. The van der Waals surface area contributed by atoms with Crippen LogP contribution in [0.1, 0.15) is 50.5 Å². The first-order valence-corrected chi connectivity index (χ1v) is 10.6. The van der Waals surface area contributed by atoms with Gasteiger partial charge >= 0.3 is 0 Å². The molecule has 0 bridgehead atoms. The summed E-state index contributed by atoms with van der Waals surface area (Å²) in [4.78, 5) is 12.7. The predicted molar refractivity (Wildman–Crippen MR) is 107 cm³/mol. The van der Waals surface area contributed by atoms with Gasteiger partial charge in [0.25, 0.3) is 5.91 Å². The number of rotatable bonds is 8. The Labute approximate surface area is 169 Å². The van der Waals surface area contributed by atoms with Crippen LogP contribution in [0.5, 0.6) is 0 Å². The monoisotopic (exact) mass is 437 g/mol. The van der Waals surface area contributed by atoms with E-state index in [0.717, 1.165) is 35.7 Å². The van der Waals surface area contributed by atoms with Crippen molar-refractivity contribution in [1.82, 2.24) is 5.32 Å². The molecule has 0 aromatic heterocycles. The maximum atomic E-state index is 12.7. The highest BCUT2D eigenvalue weighted by Crippen LogP contribution is 2.39. The summed E-state index contributed by atoms with van der Waals surface area (Å²) in [5.74, 6) is 0.219. The number of aliphatic hydroxyl groups is 1. The minimum atomic E-state index is -0.498. The lowest BCUT2D eigenvalue weighted by atomic mass is 9.80. The summed E-state index contributed by atoms with van der Waals surface area (Å²) in [5, 5.41) is 12.4. The van der Waals surface area contributed by atoms with Gasteiger partial charge in [-0.1, -0.05) is 28.1 Å². The molecule has 2 N–H and O–H groups in total. The molecule has 1 aromatic carbocycles. The largest absolute Gasteiger partial charge is 0.459 e. The average molecular weight is 438 g/mol. The lowest BCUT2D eigenvalue weighted by Gasteiger charge is -2.37. The zero-order chi connectivity index (χ0) is 19.2. The third kappa shape index (κ3) is 5.12. The number of ether oxygens (including phenoxy) is 2. The van der Waals surface area contributed by atoms with Crippen molar-refractivity contribution in [3.63, 3.8) is 0 Å². The van der Waals surface area contributed by atoms with Crippen molar-refractivity contribution in [2.24, 2.45) is 5.92 Å². The maximum Gasteiger partial charge on any atom is 0.286 e. The van der Waals surface area contributed by atoms with Crippen LogP contribution in [0.2, 0.25) is 0 Å². The first kappa shape index (κ1) is 20.4. The summed E-state index contributed by atoms with van der Waals surface area (Å²) in [6.45, 7) is 2.56. The highest BCUT2D eigenvalue weighted by atomic mass is 79.9. The van der Waals surface area contributed by atoms with Crippen LogP contribution >= 0.6 is 15.9 Å². The van der Waals surface area contributed by atoms with Gasteiger partial charge in [0.2, 0.25) is 6.29 Å². The van der Waals surface area contributed by atoms with Crippen molar-refractivity contribution in [2.75, 3.05) is 13.2 Å². The fourth-order valence-corrected chi connectivity index (χ4v) is 3.90. The number of allylic oxidation sites excluding steroid dienone is 1. The van der Waals surface area contributed by atoms with Crippen molar-refractivity contribution < 1.29 is 19.4 Å². The number of nitrogens with one attached hydrogen (secondary N) is 1. The molecule has 1 fully saturated rings. The maximum absolute atomic E-state index is 12.7. The molecule has 1 aliphatic heterocycles. The summed E-state index contributed by atoms with van der Waals surface area (Å²) < 4.78 is 12.9. The molecule has 1 heterocycles. The summed E-state index contributed by atoms with van der Waals surface area (Å²) in [5.41, 5.74) is 1.11. The second-order valence-corrected chi connectivity index (χ2v) is 8.10. The zero-order valence-electron chi connectivity index (χ0n) is 15.7. The highest BCUT2D eigenvalue weighted by Gasteiger charge is 2.38. The average Bonchev–Trinajstić information content (AvgIpc) is 2.64. The molecule has 0 radical (unpaired) electrons. The van der Waals surface area contributed by atoms with Crippen LogP contribution in [-0.4, -0.2) is 36.6 Å². The van der Waals surface area contributed by atoms with E-state index in [4.69, 9.17) is 9.47 Å². The third-order valence-corrected chi connectivity index (χ3v) is 5.86. The molecule has 0 spiro atoms. The van der Waals surface area contributed by atoms with E-state index in [2.05, 4.69) is 33.4 Å². The lowest BCUT2D eigenvalue weighted by molar-refractivity contribution is -0.167. The van der Waals surface area contributed by atoms with Gasteiger partial charge in [-0.05, 0) is 62.8 Å². The fraction of sp³-hybridized carbons (Fsp3) is 0.571. The minimum Gasteiger partial charge on any atom is -0.459 e. The highest BCUT2D eigenvalue weighted by molar-refractivity contribution is 9.10.